The van der Waals surface area contributed by atoms with E-state index in [4.69, 9.17) is 14.7 Å². The molecule has 33 heavy (non-hydrogen) atoms. The average Bonchev–Trinajstić information content (AvgIpc) is 3.37. The van der Waals surface area contributed by atoms with Crippen LogP contribution in [0.15, 0.2) is 67.0 Å². The second-order valence-corrected chi connectivity index (χ2v) is 8.15. The highest BCUT2D eigenvalue weighted by atomic mass is 16.5. The third-order valence-electron chi connectivity index (χ3n) is 5.94. The van der Waals surface area contributed by atoms with Crippen LogP contribution in [0.1, 0.15) is 36.0 Å². The molecule has 2 aromatic heterocycles. The molecule has 7 nitrogen and oxygen atoms in total. The van der Waals surface area contributed by atoms with E-state index in [-0.39, 0.29) is 11.9 Å². The first-order chi connectivity index (χ1) is 16.2. The number of nitrogens with one attached hydrogen (secondary N) is 2. The van der Waals surface area contributed by atoms with E-state index in [1.807, 2.05) is 54.6 Å². The van der Waals surface area contributed by atoms with Crippen molar-refractivity contribution in [1.82, 2.24) is 20.3 Å². The maximum absolute atomic E-state index is 13.1. The van der Waals surface area contributed by atoms with Gasteiger partial charge in [-0.05, 0) is 55.3 Å². The third-order valence-corrected chi connectivity index (χ3v) is 5.94. The summed E-state index contributed by atoms with van der Waals surface area (Å²) in [5.74, 6) is 1.78. The van der Waals surface area contributed by atoms with E-state index in [9.17, 15) is 4.79 Å². The van der Waals surface area contributed by atoms with Crippen LogP contribution in [0, 0.1) is 0 Å². The molecule has 7 heteroatoms. The van der Waals surface area contributed by atoms with Gasteiger partial charge in [-0.25, -0.2) is 9.97 Å². The normalized spacial score (nSPS) is 13.7. The highest BCUT2D eigenvalue weighted by Gasteiger charge is 2.20. The van der Waals surface area contributed by atoms with Crippen LogP contribution in [-0.4, -0.2) is 34.0 Å². The zero-order valence-corrected chi connectivity index (χ0v) is 18.4. The first-order valence-electron chi connectivity index (χ1n) is 11.1. The van der Waals surface area contributed by atoms with Crippen LogP contribution in [0.4, 0.5) is 11.5 Å². The Morgan fingerprint density at radius 2 is 1.88 bits per heavy atom. The maximum atomic E-state index is 13.1. The van der Waals surface area contributed by atoms with Crippen LogP contribution in [0.25, 0.3) is 22.3 Å². The van der Waals surface area contributed by atoms with E-state index >= 15 is 0 Å². The molecule has 166 valence electrons. The summed E-state index contributed by atoms with van der Waals surface area (Å²) in [5, 5.41) is 7.37. The van der Waals surface area contributed by atoms with E-state index in [0.29, 0.717) is 28.6 Å². The second kappa shape index (κ2) is 9.24. The molecule has 0 atom stereocenters. The number of fused-ring (bicyclic) bond motifs is 1. The van der Waals surface area contributed by atoms with E-state index < -0.39 is 0 Å². The fourth-order valence-electron chi connectivity index (χ4n) is 4.20. The SMILES string of the molecule is COc1ccc2nc(-c3cccnc3)nc(Nc3ccccc3C(=O)NC3CCCC3)c2c1. The Morgan fingerprint density at radius 3 is 2.67 bits per heavy atom. The highest BCUT2D eigenvalue weighted by Crippen LogP contribution is 2.31. The fraction of sp³-hybridized carbons (Fsp3) is 0.231. The molecule has 2 aromatic carbocycles. The predicted molar refractivity (Wildman–Crippen MR) is 129 cm³/mol. The number of rotatable bonds is 6. The lowest BCUT2D eigenvalue weighted by molar-refractivity contribution is 0.0938. The third kappa shape index (κ3) is 4.48. The summed E-state index contributed by atoms with van der Waals surface area (Å²) in [6, 6.07) is 17.2. The summed E-state index contributed by atoms with van der Waals surface area (Å²) in [6.45, 7) is 0. The molecular formula is C26H25N5O2. The van der Waals surface area contributed by atoms with Crippen molar-refractivity contribution in [3.8, 4) is 17.1 Å². The molecule has 0 bridgehead atoms. The van der Waals surface area contributed by atoms with Crippen molar-refractivity contribution < 1.29 is 9.53 Å². The van der Waals surface area contributed by atoms with Crippen LogP contribution < -0.4 is 15.4 Å². The lowest BCUT2D eigenvalue weighted by Gasteiger charge is -2.16. The van der Waals surface area contributed by atoms with Crippen LogP contribution in [0.5, 0.6) is 5.75 Å². The second-order valence-electron chi connectivity index (χ2n) is 8.15. The number of hydrogen-bond acceptors (Lipinski definition) is 6. The Morgan fingerprint density at radius 1 is 1.03 bits per heavy atom. The van der Waals surface area contributed by atoms with Crippen molar-refractivity contribution in [3.05, 3.63) is 72.6 Å². The van der Waals surface area contributed by atoms with Gasteiger partial charge in [0.2, 0.25) is 0 Å². The van der Waals surface area contributed by atoms with Crippen molar-refractivity contribution in [2.75, 3.05) is 12.4 Å². The van der Waals surface area contributed by atoms with Crippen LogP contribution in [-0.2, 0) is 0 Å². The van der Waals surface area contributed by atoms with Crippen molar-refractivity contribution in [3.63, 3.8) is 0 Å². The highest BCUT2D eigenvalue weighted by molar-refractivity contribution is 6.02. The minimum Gasteiger partial charge on any atom is -0.497 e. The summed E-state index contributed by atoms with van der Waals surface area (Å²) in [6.07, 6.45) is 7.84. The molecule has 4 aromatic rings. The number of nitrogens with zero attached hydrogens (tertiary/aromatic N) is 3. The lowest BCUT2D eigenvalue weighted by atomic mass is 10.1. The molecule has 1 aliphatic rings. The molecule has 0 saturated heterocycles. The lowest BCUT2D eigenvalue weighted by Crippen LogP contribution is -2.32. The van der Waals surface area contributed by atoms with Gasteiger partial charge in [0.1, 0.15) is 11.6 Å². The molecule has 1 saturated carbocycles. The molecule has 1 fully saturated rings. The Hall–Kier alpha value is -4.00. The van der Waals surface area contributed by atoms with Gasteiger partial charge in [-0.15, -0.1) is 0 Å². The summed E-state index contributed by atoms with van der Waals surface area (Å²) in [4.78, 5) is 26.8. The Kier molecular flexibility index (Phi) is 5.85. The first-order valence-corrected chi connectivity index (χ1v) is 11.1. The topological polar surface area (TPSA) is 89.0 Å². The molecule has 2 N–H and O–H groups in total. The molecule has 1 amide bonds. The number of methoxy groups -OCH3 is 1. The monoisotopic (exact) mass is 439 g/mol. The van der Waals surface area contributed by atoms with Gasteiger partial charge in [-0.1, -0.05) is 25.0 Å². The van der Waals surface area contributed by atoms with Gasteiger partial charge in [0.25, 0.3) is 5.91 Å². The van der Waals surface area contributed by atoms with E-state index in [1.54, 1.807) is 19.5 Å². The quantitative estimate of drug-likeness (QED) is 0.434. The predicted octanol–water partition coefficient (Wildman–Crippen LogP) is 5.12. The molecular weight excluding hydrogens is 414 g/mol. The largest absolute Gasteiger partial charge is 0.497 e. The molecule has 0 aliphatic heterocycles. The van der Waals surface area contributed by atoms with Gasteiger partial charge in [0.05, 0.1) is 23.9 Å². The van der Waals surface area contributed by atoms with Crippen LogP contribution >= 0.6 is 0 Å². The zero-order chi connectivity index (χ0) is 22.6. The zero-order valence-electron chi connectivity index (χ0n) is 18.4. The number of carbonyl (C=O) groups is 1. The van der Waals surface area contributed by atoms with Crippen LogP contribution in [0.2, 0.25) is 0 Å². The Balaban J connectivity index is 1.56. The number of amides is 1. The van der Waals surface area contributed by atoms with E-state index in [0.717, 1.165) is 42.1 Å². The number of benzene rings is 2. The number of pyridine rings is 1. The first kappa shape index (κ1) is 20.9. The molecule has 1 aliphatic carbocycles. The number of carbonyl (C=O) groups excluding carboxylic acids is 1. The summed E-state index contributed by atoms with van der Waals surface area (Å²) >= 11 is 0. The van der Waals surface area contributed by atoms with Crippen molar-refractivity contribution >= 4 is 28.3 Å². The van der Waals surface area contributed by atoms with Crippen molar-refractivity contribution in [2.24, 2.45) is 0 Å². The van der Waals surface area contributed by atoms with Gasteiger partial charge in [-0.3, -0.25) is 9.78 Å². The van der Waals surface area contributed by atoms with Gasteiger partial charge in [0, 0.05) is 29.4 Å². The van der Waals surface area contributed by atoms with Crippen molar-refractivity contribution in [2.45, 2.75) is 31.7 Å². The fourth-order valence-corrected chi connectivity index (χ4v) is 4.20. The molecule has 0 radical (unpaired) electrons. The van der Waals surface area contributed by atoms with Gasteiger partial charge in [-0.2, -0.15) is 0 Å². The van der Waals surface area contributed by atoms with E-state index in [1.165, 1.54) is 0 Å². The van der Waals surface area contributed by atoms with Crippen LogP contribution in [0.3, 0.4) is 0 Å². The number of hydrogen-bond donors (Lipinski definition) is 2. The minimum atomic E-state index is -0.0755. The molecule has 2 heterocycles. The summed E-state index contributed by atoms with van der Waals surface area (Å²) < 4.78 is 5.42. The smallest absolute Gasteiger partial charge is 0.253 e. The average molecular weight is 440 g/mol. The Labute approximate surface area is 192 Å². The number of aromatic nitrogens is 3. The Bertz CT molecular complexity index is 1290. The summed E-state index contributed by atoms with van der Waals surface area (Å²) in [7, 11) is 1.63. The van der Waals surface area contributed by atoms with Crippen molar-refractivity contribution in [1.29, 1.82) is 0 Å². The van der Waals surface area contributed by atoms with Gasteiger partial charge in [0.15, 0.2) is 5.82 Å². The minimum absolute atomic E-state index is 0.0755. The standard InChI is InChI=1S/C26H25N5O2/c1-33-19-12-13-23-21(15-19)25(31-24(29-23)17-7-6-14-27-16-17)30-22-11-5-4-10-20(22)26(32)28-18-8-2-3-9-18/h4-7,10-16,18H,2-3,8-9H2,1H3,(H,28,32)(H,29,30,31). The number of anilines is 2. The van der Waals surface area contributed by atoms with Gasteiger partial charge < -0.3 is 15.4 Å². The molecule has 5 rings (SSSR count). The number of para-hydroxylation sites is 1. The van der Waals surface area contributed by atoms with Gasteiger partial charge >= 0.3 is 0 Å². The number of ether oxygens (including phenoxy) is 1. The molecule has 0 spiro atoms. The molecule has 0 unspecified atom stereocenters. The maximum Gasteiger partial charge on any atom is 0.253 e. The summed E-state index contributed by atoms with van der Waals surface area (Å²) in [5.41, 5.74) is 2.85. The van der Waals surface area contributed by atoms with E-state index in [2.05, 4.69) is 15.6 Å².